The maximum atomic E-state index is 13.2. The highest BCUT2D eigenvalue weighted by Gasteiger charge is 2.47. The molecule has 1 atom stereocenters. The largest absolute Gasteiger partial charge is 0.477 e. The molecule has 0 amide bonds. The zero-order valence-corrected chi connectivity index (χ0v) is 9.05. The Morgan fingerprint density at radius 2 is 2.06 bits per heavy atom. The van der Waals surface area contributed by atoms with Crippen LogP contribution in [0.4, 0.5) is 8.78 Å². The van der Waals surface area contributed by atoms with Crippen molar-refractivity contribution in [2.75, 3.05) is 0 Å². The van der Waals surface area contributed by atoms with Crippen molar-refractivity contribution in [2.24, 2.45) is 0 Å². The van der Waals surface area contributed by atoms with Gasteiger partial charge in [0.15, 0.2) is 6.10 Å². The number of benzene rings is 1. The lowest BCUT2D eigenvalue weighted by molar-refractivity contribution is -0.182. The number of pyridine rings is 1. The minimum atomic E-state index is -4.23. The number of carboxylic acids is 1. The van der Waals surface area contributed by atoms with Gasteiger partial charge in [0.25, 0.3) is 0 Å². The van der Waals surface area contributed by atoms with Crippen LogP contribution in [0.15, 0.2) is 36.5 Å². The molecule has 2 N–H and O–H groups in total. The van der Waals surface area contributed by atoms with Crippen molar-refractivity contribution < 1.29 is 23.8 Å². The molecule has 0 radical (unpaired) electrons. The Morgan fingerprint density at radius 3 is 2.72 bits per heavy atom. The fraction of sp³-hybridized carbons (Fsp3) is 0.167. The van der Waals surface area contributed by atoms with Crippen LogP contribution in [0.5, 0.6) is 0 Å². The van der Waals surface area contributed by atoms with Gasteiger partial charge in [0.05, 0.1) is 5.52 Å². The van der Waals surface area contributed by atoms with Crippen LogP contribution < -0.4 is 0 Å². The summed E-state index contributed by atoms with van der Waals surface area (Å²) in [6.45, 7) is 0. The minimum absolute atomic E-state index is 0.164. The number of aliphatic hydroxyl groups is 1. The number of aromatic nitrogens is 1. The summed E-state index contributed by atoms with van der Waals surface area (Å²) in [6.07, 6.45) is -0.843. The zero-order valence-electron chi connectivity index (χ0n) is 9.05. The average Bonchev–Trinajstić information content (AvgIpc) is 2.37. The second-order valence-corrected chi connectivity index (χ2v) is 3.79. The summed E-state index contributed by atoms with van der Waals surface area (Å²) in [4.78, 5) is 14.4. The third kappa shape index (κ3) is 2.02. The number of hydrogen-bond donors (Lipinski definition) is 2. The number of aliphatic hydroxyl groups excluding tert-OH is 1. The first-order valence-corrected chi connectivity index (χ1v) is 5.07. The van der Waals surface area contributed by atoms with E-state index in [0.29, 0.717) is 10.9 Å². The maximum Gasteiger partial charge on any atom is 0.377 e. The van der Waals surface area contributed by atoms with Gasteiger partial charge in [0, 0.05) is 11.6 Å². The lowest BCUT2D eigenvalue weighted by Gasteiger charge is -2.18. The van der Waals surface area contributed by atoms with Crippen LogP contribution in [0.1, 0.15) is 11.7 Å². The van der Waals surface area contributed by atoms with Crippen LogP contribution in [0.2, 0.25) is 0 Å². The summed E-state index contributed by atoms with van der Waals surface area (Å²) in [7, 11) is 0. The number of carboxylic acid groups (broad SMARTS) is 1. The number of fused-ring (bicyclic) bond motifs is 1. The van der Waals surface area contributed by atoms with Gasteiger partial charge < -0.3 is 10.2 Å². The van der Waals surface area contributed by atoms with Gasteiger partial charge in [-0.05, 0) is 23.8 Å². The number of halogens is 2. The number of aliphatic carboxylic acids is 1. The van der Waals surface area contributed by atoms with Crippen LogP contribution in [-0.4, -0.2) is 27.1 Å². The molecule has 1 heterocycles. The van der Waals surface area contributed by atoms with Gasteiger partial charge in [-0.15, -0.1) is 0 Å². The number of carbonyl (C=O) groups is 1. The molecular weight excluding hydrogens is 244 g/mol. The molecule has 2 aromatic rings. The van der Waals surface area contributed by atoms with Crippen LogP contribution >= 0.6 is 0 Å². The zero-order chi connectivity index (χ0) is 13.3. The first-order chi connectivity index (χ1) is 8.43. The van der Waals surface area contributed by atoms with E-state index in [4.69, 9.17) is 5.11 Å². The summed E-state index contributed by atoms with van der Waals surface area (Å²) in [5.74, 6) is -6.59. The summed E-state index contributed by atoms with van der Waals surface area (Å²) in [6, 6.07) is 7.23. The van der Waals surface area contributed by atoms with E-state index < -0.39 is 18.0 Å². The van der Waals surface area contributed by atoms with E-state index in [9.17, 15) is 18.7 Å². The standard InChI is InChI=1S/C12H9F2NO3/c13-12(14,11(17)18)10(16)8-3-4-9-7(6-8)2-1-5-15-9/h1-6,10,16H,(H,17,18). The number of hydrogen-bond acceptors (Lipinski definition) is 3. The lowest BCUT2D eigenvalue weighted by atomic mass is 10.0. The highest BCUT2D eigenvalue weighted by molar-refractivity contribution is 5.80. The van der Waals surface area contributed by atoms with E-state index in [0.717, 1.165) is 0 Å². The topological polar surface area (TPSA) is 70.4 Å². The van der Waals surface area contributed by atoms with Crippen LogP contribution in [0, 0.1) is 0 Å². The van der Waals surface area contributed by atoms with E-state index in [-0.39, 0.29) is 5.56 Å². The third-order valence-corrected chi connectivity index (χ3v) is 2.57. The van der Waals surface area contributed by atoms with E-state index in [1.807, 2.05) is 0 Å². The van der Waals surface area contributed by atoms with Crippen molar-refractivity contribution in [1.29, 1.82) is 0 Å². The Balaban J connectivity index is 2.45. The van der Waals surface area contributed by atoms with Crippen molar-refractivity contribution in [1.82, 2.24) is 4.98 Å². The number of alkyl halides is 2. The van der Waals surface area contributed by atoms with Gasteiger partial charge in [-0.25, -0.2) is 4.79 Å². The Morgan fingerprint density at radius 1 is 1.33 bits per heavy atom. The lowest BCUT2D eigenvalue weighted by Crippen LogP contribution is -2.35. The second kappa shape index (κ2) is 4.30. The normalized spacial score (nSPS) is 13.5. The van der Waals surface area contributed by atoms with Crippen molar-refractivity contribution in [3.05, 3.63) is 42.1 Å². The van der Waals surface area contributed by atoms with Crippen molar-refractivity contribution in [3.63, 3.8) is 0 Å². The molecule has 0 spiro atoms. The van der Waals surface area contributed by atoms with Crippen LogP contribution in [0.25, 0.3) is 10.9 Å². The smallest absolute Gasteiger partial charge is 0.377 e. The Hall–Kier alpha value is -2.08. The Bertz CT molecular complexity index is 601. The Kier molecular flexibility index (Phi) is 2.96. The predicted molar refractivity (Wildman–Crippen MR) is 59.3 cm³/mol. The second-order valence-electron chi connectivity index (χ2n) is 3.79. The molecule has 2 rings (SSSR count). The fourth-order valence-electron chi connectivity index (χ4n) is 1.59. The fourth-order valence-corrected chi connectivity index (χ4v) is 1.59. The predicted octanol–water partition coefficient (Wildman–Crippen LogP) is 1.99. The van der Waals surface area contributed by atoms with Gasteiger partial charge >= 0.3 is 11.9 Å². The van der Waals surface area contributed by atoms with Gasteiger partial charge in [-0.1, -0.05) is 12.1 Å². The quantitative estimate of drug-likeness (QED) is 0.877. The summed E-state index contributed by atoms with van der Waals surface area (Å²) < 4.78 is 26.3. The van der Waals surface area contributed by atoms with E-state index in [1.54, 1.807) is 18.3 Å². The third-order valence-electron chi connectivity index (χ3n) is 2.57. The van der Waals surface area contributed by atoms with Crippen molar-refractivity contribution in [2.45, 2.75) is 12.0 Å². The molecule has 1 unspecified atom stereocenters. The highest BCUT2D eigenvalue weighted by Crippen LogP contribution is 2.32. The minimum Gasteiger partial charge on any atom is -0.477 e. The van der Waals surface area contributed by atoms with E-state index in [1.165, 1.54) is 18.2 Å². The number of rotatable bonds is 3. The van der Waals surface area contributed by atoms with Gasteiger partial charge in [0.2, 0.25) is 0 Å². The Labute approximate surface area is 101 Å². The van der Waals surface area contributed by atoms with Crippen molar-refractivity contribution >= 4 is 16.9 Å². The molecule has 4 nitrogen and oxygen atoms in total. The average molecular weight is 253 g/mol. The molecule has 0 aliphatic rings. The van der Waals surface area contributed by atoms with E-state index >= 15 is 0 Å². The molecule has 6 heteroatoms. The number of nitrogens with zero attached hydrogens (tertiary/aromatic N) is 1. The first-order valence-electron chi connectivity index (χ1n) is 5.07. The molecule has 0 fully saturated rings. The van der Waals surface area contributed by atoms with Crippen molar-refractivity contribution in [3.8, 4) is 0 Å². The SMILES string of the molecule is O=C(O)C(F)(F)C(O)c1ccc2ncccc2c1. The maximum absolute atomic E-state index is 13.2. The molecule has 0 aliphatic heterocycles. The van der Waals surface area contributed by atoms with Gasteiger partial charge in [-0.2, -0.15) is 8.78 Å². The van der Waals surface area contributed by atoms with Gasteiger partial charge in [0.1, 0.15) is 0 Å². The molecule has 0 saturated heterocycles. The molecule has 18 heavy (non-hydrogen) atoms. The highest BCUT2D eigenvalue weighted by atomic mass is 19.3. The molecule has 0 saturated carbocycles. The van der Waals surface area contributed by atoms with Crippen LogP contribution in [0.3, 0.4) is 0 Å². The molecule has 1 aromatic carbocycles. The molecule has 94 valence electrons. The molecule has 1 aromatic heterocycles. The van der Waals surface area contributed by atoms with E-state index in [2.05, 4.69) is 4.98 Å². The van der Waals surface area contributed by atoms with Gasteiger partial charge in [-0.3, -0.25) is 4.98 Å². The monoisotopic (exact) mass is 253 g/mol. The molecule has 0 bridgehead atoms. The summed E-state index contributed by atoms with van der Waals surface area (Å²) >= 11 is 0. The van der Waals surface area contributed by atoms with Crippen LogP contribution in [-0.2, 0) is 4.79 Å². The molecular formula is C12H9F2NO3. The summed E-state index contributed by atoms with van der Waals surface area (Å²) in [5, 5.41) is 18.3. The first kappa shape index (κ1) is 12.4. The molecule has 0 aliphatic carbocycles. The summed E-state index contributed by atoms with van der Waals surface area (Å²) in [5.41, 5.74) is 0.412.